The molecule has 3 aromatic carbocycles. The summed E-state index contributed by atoms with van der Waals surface area (Å²) in [4.78, 5) is 0. The van der Waals surface area contributed by atoms with Crippen LogP contribution in [-0.4, -0.2) is 0 Å². The SMILES string of the molecule is Cc1ccc(-c2cccc3ccccc23)c2c1=[C-]C(=CC1CCCCC1)C=2.[Zr]. The number of hydrogen-bond donors (Lipinski definition) is 0. The maximum absolute atomic E-state index is 3.71. The van der Waals surface area contributed by atoms with E-state index in [1.165, 1.54) is 75.6 Å². The molecule has 0 N–H and O–H groups in total. The van der Waals surface area contributed by atoms with Crippen LogP contribution in [0.15, 0.2) is 66.2 Å². The van der Waals surface area contributed by atoms with Gasteiger partial charge in [0.05, 0.1) is 0 Å². The predicted octanol–water partition coefficient (Wildman–Crippen LogP) is 5.77. The Hall–Kier alpha value is -1.72. The second-order valence-corrected chi connectivity index (χ2v) is 8.03. The normalized spacial score (nSPS) is 17.7. The van der Waals surface area contributed by atoms with Gasteiger partial charge < -0.3 is 0 Å². The summed E-state index contributed by atoms with van der Waals surface area (Å²) in [6.07, 6.45) is 15.4. The third-order valence-electron chi connectivity index (χ3n) is 6.17. The Morgan fingerprint density at radius 1 is 0.857 bits per heavy atom. The molecule has 0 atom stereocenters. The van der Waals surface area contributed by atoms with Gasteiger partial charge in [-0.25, -0.2) is 0 Å². The molecule has 0 unspecified atom stereocenters. The van der Waals surface area contributed by atoms with E-state index in [1.807, 2.05) is 0 Å². The fraction of sp³-hybridized carbons (Fsp3) is 0.259. The molecule has 1 fully saturated rings. The molecule has 1 saturated carbocycles. The smallest absolute Gasteiger partial charge is 0 e. The molecule has 5 rings (SSSR count). The monoisotopic (exact) mass is 439 g/mol. The summed E-state index contributed by atoms with van der Waals surface area (Å²) in [5.74, 6) is 0.730. The van der Waals surface area contributed by atoms with E-state index in [2.05, 4.69) is 79.7 Å². The first kappa shape index (κ1) is 19.6. The van der Waals surface area contributed by atoms with Gasteiger partial charge in [0.15, 0.2) is 0 Å². The minimum atomic E-state index is 0. The summed E-state index contributed by atoms with van der Waals surface area (Å²) in [6, 6.07) is 19.8. The van der Waals surface area contributed by atoms with Gasteiger partial charge in [-0.05, 0) is 22.3 Å². The van der Waals surface area contributed by atoms with Crippen molar-refractivity contribution < 1.29 is 26.2 Å². The second-order valence-electron chi connectivity index (χ2n) is 8.03. The van der Waals surface area contributed by atoms with E-state index in [9.17, 15) is 0 Å². The summed E-state index contributed by atoms with van der Waals surface area (Å²) in [6.45, 7) is 2.20. The van der Waals surface area contributed by atoms with Crippen molar-refractivity contribution in [3.05, 3.63) is 82.2 Å². The molecule has 0 bridgehead atoms. The third kappa shape index (κ3) is 3.62. The Labute approximate surface area is 186 Å². The molecule has 0 nitrogen and oxygen atoms in total. The number of fused-ring (bicyclic) bond motifs is 2. The molecule has 0 aliphatic heterocycles. The van der Waals surface area contributed by atoms with Crippen LogP contribution in [-0.2, 0) is 26.2 Å². The number of hydrogen-bond acceptors (Lipinski definition) is 0. The van der Waals surface area contributed by atoms with Gasteiger partial charge in [-0.3, -0.25) is 0 Å². The van der Waals surface area contributed by atoms with Crippen molar-refractivity contribution in [2.75, 3.05) is 0 Å². The molecule has 0 aromatic heterocycles. The minimum Gasteiger partial charge on any atom is -0.145 e. The van der Waals surface area contributed by atoms with E-state index in [0.29, 0.717) is 0 Å². The number of rotatable bonds is 2. The summed E-state index contributed by atoms with van der Waals surface area (Å²) in [5, 5.41) is 5.24. The van der Waals surface area contributed by atoms with Gasteiger partial charge in [-0.15, -0.1) is 39.8 Å². The largest absolute Gasteiger partial charge is 0.145 e. The van der Waals surface area contributed by atoms with E-state index in [1.54, 1.807) is 0 Å². The number of allylic oxidation sites excluding steroid dienone is 2. The van der Waals surface area contributed by atoms with Crippen LogP contribution in [0.25, 0.3) is 34.1 Å². The molecule has 0 heterocycles. The molecule has 2 aliphatic rings. The van der Waals surface area contributed by atoms with Crippen molar-refractivity contribution in [1.29, 1.82) is 0 Å². The Morgan fingerprint density at radius 3 is 2.50 bits per heavy atom. The standard InChI is InChI=1S/C27H25.Zr/c1-19-14-15-25(24-13-7-11-22-10-5-6-12-23(22)24)27-18-21(17-26(19)27)16-20-8-3-2-4-9-20;/h5-7,10-16,18,20H,2-4,8-9H2,1H3;/q-1;. The molecular formula is C27H25Zr-. The second kappa shape index (κ2) is 8.34. The summed E-state index contributed by atoms with van der Waals surface area (Å²) in [5.41, 5.74) is 5.25. The summed E-state index contributed by atoms with van der Waals surface area (Å²) >= 11 is 0. The van der Waals surface area contributed by atoms with Crippen LogP contribution in [0.4, 0.5) is 0 Å². The average Bonchev–Trinajstić information content (AvgIpc) is 3.13. The van der Waals surface area contributed by atoms with Crippen LogP contribution in [0.1, 0.15) is 37.7 Å². The predicted molar refractivity (Wildman–Crippen MR) is 116 cm³/mol. The van der Waals surface area contributed by atoms with E-state index in [0.717, 1.165) is 5.92 Å². The van der Waals surface area contributed by atoms with Crippen LogP contribution >= 0.6 is 0 Å². The summed E-state index contributed by atoms with van der Waals surface area (Å²) in [7, 11) is 0. The van der Waals surface area contributed by atoms with E-state index >= 15 is 0 Å². The van der Waals surface area contributed by atoms with Gasteiger partial charge in [0.1, 0.15) is 0 Å². The molecule has 0 spiro atoms. The first-order valence-corrected chi connectivity index (χ1v) is 10.2. The molecule has 0 radical (unpaired) electrons. The van der Waals surface area contributed by atoms with Crippen LogP contribution in [0.3, 0.4) is 0 Å². The van der Waals surface area contributed by atoms with Crippen molar-refractivity contribution in [3.8, 4) is 11.1 Å². The first-order valence-electron chi connectivity index (χ1n) is 10.2. The van der Waals surface area contributed by atoms with E-state index < -0.39 is 0 Å². The van der Waals surface area contributed by atoms with Gasteiger partial charge in [0.25, 0.3) is 0 Å². The van der Waals surface area contributed by atoms with Crippen molar-refractivity contribution in [2.24, 2.45) is 5.92 Å². The maximum atomic E-state index is 3.71. The zero-order valence-corrected chi connectivity index (χ0v) is 18.9. The first-order chi connectivity index (χ1) is 13.3. The maximum Gasteiger partial charge on any atom is 0 e. The quantitative estimate of drug-likeness (QED) is 0.444. The zero-order valence-electron chi connectivity index (χ0n) is 16.5. The van der Waals surface area contributed by atoms with Crippen molar-refractivity contribution in [1.82, 2.24) is 0 Å². The molecule has 28 heavy (non-hydrogen) atoms. The van der Waals surface area contributed by atoms with Crippen LogP contribution < -0.4 is 10.4 Å². The Balaban J connectivity index is 0.00000192. The zero-order chi connectivity index (χ0) is 18.2. The van der Waals surface area contributed by atoms with Gasteiger partial charge in [0.2, 0.25) is 0 Å². The number of aryl methyl sites for hydroxylation is 1. The third-order valence-corrected chi connectivity index (χ3v) is 6.17. The van der Waals surface area contributed by atoms with Gasteiger partial charge >= 0.3 is 0 Å². The summed E-state index contributed by atoms with van der Waals surface area (Å²) < 4.78 is 0. The Bertz CT molecular complexity index is 1160. The Morgan fingerprint density at radius 2 is 1.64 bits per heavy atom. The van der Waals surface area contributed by atoms with Gasteiger partial charge in [-0.1, -0.05) is 99.2 Å². The van der Waals surface area contributed by atoms with Crippen LogP contribution in [0.2, 0.25) is 0 Å². The van der Waals surface area contributed by atoms with Crippen molar-refractivity contribution in [2.45, 2.75) is 39.0 Å². The van der Waals surface area contributed by atoms with Crippen molar-refractivity contribution in [3.63, 3.8) is 0 Å². The molecular weight excluding hydrogens is 416 g/mol. The minimum absolute atomic E-state index is 0. The van der Waals surface area contributed by atoms with Gasteiger partial charge in [0, 0.05) is 26.2 Å². The molecule has 0 saturated heterocycles. The number of benzene rings is 3. The molecule has 138 valence electrons. The molecule has 2 aliphatic carbocycles. The van der Waals surface area contributed by atoms with Gasteiger partial charge in [-0.2, -0.15) is 0 Å². The van der Waals surface area contributed by atoms with Crippen LogP contribution in [0, 0.1) is 12.8 Å². The Kier molecular flexibility index (Phi) is 5.84. The average molecular weight is 441 g/mol. The fourth-order valence-electron chi connectivity index (χ4n) is 4.72. The molecule has 1 heteroatoms. The molecule has 3 aromatic rings. The fourth-order valence-corrected chi connectivity index (χ4v) is 4.72. The van der Waals surface area contributed by atoms with E-state index in [-0.39, 0.29) is 26.2 Å². The van der Waals surface area contributed by atoms with Crippen molar-refractivity contribution >= 4 is 22.9 Å². The molecule has 0 amide bonds. The van der Waals surface area contributed by atoms with E-state index in [4.69, 9.17) is 0 Å². The van der Waals surface area contributed by atoms with Crippen LogP contribution in [0.5, 0.6) is 0 Å². The topological polar surface area (TPSA) is 0 Å².